The molecule has 1 amide bonds. The molecule has 0 aromatic heterocycles. The van der Waals surface area contributed by atoms with E-state index < -0.39 is 11.5 Å². The molecule has 0 bridgehead atoms. The third-order valence-electron chi connectivity index (χ3n) is 4.96. The van der Waals surface area contributed by atoms with Crippen LogP contribution in [0.3, 0.4) is 0 Å². The van der Waals surface area contributed by atoms with Crippen molar-refractivity contribution in [1.82, 2.24) is 0 Å². The van der Waals surface area contributed by atoms with Crippen LogP contribution in [0.5, 0.6) is 0 Å². The summed E-state index contributed by atoms with van der Waals surface area (Å²) in [7, 11) is 0. The smallest absolute Gasteiger partial charge is 0.261 e. The quantitative estimate of drug-likeness (QED) is 0.523. The predicted molar refractivity (Wildman–Crippen MR) is 126 cm³/mol. The van der Waals surface area contributed by atoms with Gasteiger partial charge in [-0.05, 0) is 42.7 Å². The van der Waals surface area contributed by atoms with Gasteiger partial charge in [0.15, 0.2) is 5.60 Å². The molecule has 5 heteroatoms. The highest BCUT2D eigenvalue weighted by molar-refractivity contribution is 6.33. The minimum Gasteiger partial charge on any atom is -0.375 e. The van der Waals surface area contributed by atoms with E-state index in [0.29, 0.717) is 22.4 Å². The fraction of sp³-hybridized carbons (Fsp3) is 0.231. The number of aryl methyl sites for hydroxylation is 1. The van der Waals surface area contributed by atoms with Gasteiger partial charge in [0.25, 0.3) is 5.91 Å². The number of carbonyl (C=O) groups is 1. The number of benzene rings is 3. The molecule has 3 aromatic carbocycles. The lowest BCUT2D eigenvalue weighted by molar-refractivity contribution is -0.135. The molecule has 3 aromatic rings. The maximum Gasteiger partial charge on any atom is 0.261 e. The first kappa shape index (κ1) is 24.1. The van der Waals surface area contributed by atoms with Gasteiger partial charge in [-0.15, -0.1) is 0 Å². The Balaban J connectivity index is 0.00000166. The van der Waals surface area contributed by atoms with Crippen molar-refractivity contribution in [1.29, 1.82) is 5.26 Å². The molecular formula is C26H27ClN2O2. The van der Waals surface area contributed by atoms with Gasteiger partial charge in [0.2, 0.25) is 0 Å². The molecular weight excluding hydrogens is 408 g/mol. The Morgan fingerprint density at radius 1 is 1.03 bits per heavy atom. The van der Waals surface area contributed by atoms with Crippen LogP contribution in [0.2, 0.25) is 5.02 Å². The molecule has 1 unspecified atom stereocenters. The Bertz CT molecular complexity index is 1070. The maximum absolute atomic E-state index is 13.3. The van der Waals surface area contributed by atoms with Crippen LogP contribution < -0.4 is 5.32 Å². The molecule has 31 heavy (non-hydrogen) atoms. The summed E-state index contributed by atoms with van der Waals surface area (Å²) in [5, 5.41) is 23.7. The van der Waals surface area contributed by atoms with E-state index in [9.17, 15) is 9.90 Å². The second kappa shape index (κ2) is 10.8. The lowest BCUT2D eigenvalue weighted by atomic mass is 9.86. The average molecular weight is 435 g/mol. The zero-order valence-electron chi connectivity index (χ0n) is 18.2. The molecule has 0 fully saturated rings. The number of hydrogen-bond acceptors (Lipinski definition) is 3. The fourth-order valence-electron chi connectivity index (χ4n) is 3.16. The minimum absolute atomic E-state index is 0.117. The first-order valence-electron chi connectivity index (χ1n) is 10.2. The summed E-state index contributed by atoms with van der Waals surface area (Å²) in [6.07, 6.45) is 0.117. The molecule has 2 N–H and O–H groups in total. The predicted octanol–water partition coefficient (Wildman–Crippen LogP) is 5.92. The lowest BCUT2D eigenvalue weighted by Crippen LogP contribution is -2.42. The third kappa shape index (κ3) is 5.52. The van der Waals surface area contributed by atoms with Crippen molar-refractivity contribution in [3.05, 3.63) is 99.6 Å². The van der Waals surface area contributed by atoms with Crippen LogP contribution in [0.15, 0.2) is 66.7 Å². The van der Waals surface area contributed by atoms with Crippen molar-refractivity contribution in [2.24, 2.45) is 0 Å². The number of nitriles is 1. The number of carbonyl (C=O) groups excluding carboxylic acids is 1. The van der Waals surface area contributed by atoms with E-state index in [-0.39, 0.29) is 11.4 Å². The second-order valence-electron chi connectivity index (χ2n) is 7.05. The lowest BCUT2D eigenvalue weighted by Gasteiger charge is -2.28. The van der Waals surface area contributed by atoms with Gasteiger partial charge in [0, 0.05) is 12.1 Å². The van der Waals surface area contributed by atoms with Crippen molar-refractivity contribution in [2.75, 3.05) is 5.32 Å². The Labute approximate surface area is 189 Å². The number of amides is 1. The standard InChI is InChI=1S/C24H21ClN2O2.C2H6/c1-16-8-10-18(11-9-16)14-24(29,20-6-4-3-5-7-20)23(28)27-21-13-12-19(15-26)22(25)17(21)2;1-2/h3-13,29H,14H2,1-2H3,(H,27,28);1-2H3. The van der Waals surface area contributed by atoms with Crippen molar-refractivity contribution in [3.8, 4) is 6.07 Å². The third-order valence-corrected chi connectivity index (χ3v) is 5.45. The van der Waals surface area contributed by atoms with Gasteiger partial charge < -0.3 is 10.4 Å². The number of aliphatic hydroxyl groups is 1. The zero-order valence-corrected chi connectivity index (χ0v) is 19.0. The van der Waals surface area contributed by atoms with E-state index in [1.54, 1.807) is 43.3 Å². The highest BCUT2D eigenvalue weighted by Crippen LogP contribution is 2.31. The Morgan fingerprint density at radius 2 is 1.65 bits per heavy atom. The zero-order chi connectivity index (χ0) is 23.0. The Kier molecular flexibility index (Phi) is 8.38. The summed E-state index contributed by atoms with van der Waals surface area (Å²) >= 11 is 6.22. The molecule has 0 heterocycles. The fourth-order valence-corrected chi connectivity index (χ4v) is 3.37. The van der Waals surface area contributed by atoms with Crippen LogP contribution in [0.1, 0.15) is 41.7 Å². The minimum atomic E-state index is -1.77. The van der Waals surface area contributed by atoms with Crippen molar-refractivity contribution >= 4 is 23.2 Å². The molecule has 160 valence electrons. The summed E-state index contributed by atoms with van der Waals surface area (Å²) in [6, 6.07) is 21.7. The average Bonchev–Trinajstić information content (AvgIpc) is 2.80. The van der Waals surface area contributed by atoms with Gasteiger partial charge in [0.05, 0.1) is 10.6 Å². The van der Waals surface area contributed by atoms with Gasteiger partial charge in [0.1, 0.15) is 6.07 Å². The van der Waals surface area contributed by atoms with Crippen molar-refractivity contribution in [2.45, 2.75) is 39.7 Å². The number of nitrogens with zero attached hydrogens (tertiary/aromatic N) is 1. The maximum atomic E-state index is 13.3. The molecule has 0 radical (unpaired) electrons. The van der Waals surface area contributed by atoms with E-state index in [2.05, 4.69) is 5.32 Å². The summed E-state index contributed by atoms with van der Waals surface area (Å²) in [6.45, 7) is 7.71. The molecule has 1 atom stereocenters. The Morgan fingerprint density at radius 3 is 2.23 bits per heavy atom. The van der Waals surface area contributed by atoms with Crippen molar-refractivity contribution in [3.63, 3.8) is 0 Å². The normalized spacial score (nSPS) is 12.0. The highest BCUT2D eigenvalue weighted by atomic mass is 35.5. The van der Waals surface area contributed by atoms with Crippen LogP contribution in [-0.4, -0.2) is 11.0 Å². The van der Waals surface area contributed by atoms with Crippen molar-refractivity contribution < 1.29 is 9.90 Å². The Hall–Kier alpha value is -3.13. The van der Waals surface area contributed by atoms with Crippen LogP contribution in [-0.2, 0) is 16.8 Å². The summed E-state index contributed by atoms with van der Waals surface area (Å²) in [5.74, 6) is -0.562. The first-order valence-corrected chi connectivity index (χ1v) is 10.6. The number of rotatable bonds is 5. The number of anilines is 1. The molecule has 0 saturated carbocycles. The summed E-state index contributed by atoms with van der Waals surface area (Å²) in [4.78, 5) is 13.3. The van der Waals surface area contributed by atoms with Crippen LogP contribution >= 0.6 is 11.6 Å². The van der Waals surface area contributed by atoms with E-state index in [1.807, 2.05) is 57.2 Å². The number of halogens is 1. The van der Waals surface area contributed by atoms with Gasteiger partial charge in [-0.1, -0.05) is 85.6 Å². The number of nitrogens with one attached hydrogen (secondary N) is 1. The molecule has 0 spiro atoms. The second-order valence-corrected chi connectivity index (χ2v) is 7.43. The number of hydrogen-bond donors (Lipinski definition) is 2. The van der Waals surface area contributed by atoms with Crippen LogP contribution in [0, 0.1) is 25.2 Å². The van der Waals surface area contributed by atoms with Crippen LogP contribution in [0.25, 0.3) is 0 Å². The van der Waals surface area contributed by atoms with E-state index in [0.717, 1.165) is 11.1 Å². The van der Waals surface area contributed by atoms with E-state index in [4.69, 9.17) is 16.9 Å². The highest BCUT2D eigenvalue weighted by Gasteiger charge is 2.38. The molecule has 3 rings (SSSR count). The van der Waals surface area contributed by atoms with Crippen LogP contribution in [0.4, 0.5) is 5.69 Å². The molecule has 4 nitrogen and oxygen atoms in total. The van der Waals surface area contributed by atoms with E-state index in [1.165, 1.54) is 0 Å². The van der Waals surface area contributed by atoms with Gasteiger partial charge in [-0.2, -0.15) is 5.26 Å². The van der Waals surface area contributed by atoms with E-state index >= 15 is 0 Å². The summed E-state index contributed by atoms with van der Waals surface area (Å²) in [5.41, 5.74) is 2.03. The molecule has 0 aliphatic heterocycles. The SMILES string of the molecule is CC.Cc1ccc(CC(O)(C(=O)Nc2ccc(C#N)c(Cl)c2C)c2ccccc2)cc1. The molecule has 0 aliphatic rings. The monoisotopic (exact) mass is 434 g/mol. The molecule has 0 saturated heterocycles. The van der Waals surface area contributed by atoms with Gasteiger partial charge >= 0.3 is 0 Å². The first-order chi connectivity index (χ1) is 14.8. The molecule has 0 aliphatic carbocycles. The summed E-state index contributed by atoms with van der Waals surface area (Å²) < 4.78 is 0. The largest absolute Gasteiger partial charge is 0.375 e. The topological polar surface area (TPSA) is 73.1 Å². The van der Waals surface area contributed by atoms with Gasteiger partial charge in [-0.3, -0.25) is 4.79 Å². The van der Waals surface area contributed by atoms with Gasteiger partial charge in [-0.25, -0.2) is 0 Å².